The van der Waals surface area contributed by atoms with E-state index in [-0.39, 0.29) is 24.9 Å². The second kappa shape index (κ2) is 8.66. The third-order valence-electron chi connectivity index (χ3n) is 5.23. The first-order chi connectivity index (χ1) is 14.1. The molecule has 0 aliphatic carbocycles. The number of hydrogen-bond donors (Lipinski definition) is 1. The van der Waals surface area contributed by atoms with E-state index < -0.39 is 0 Å². The first-order valence-electron chi connectivity index (χ1n) is 9.87. The highest BCUT2D eigenvalue weighted by Crippen LogP contribution is 2.18. The Morgan fingerprint density at radius 3 is 2.62 bits per heavy atom. The molecule has 7 heteroatoms. The van der Waals surface area contributed by atoms with Gasteiger partial charge >= 0.3 is 0 Å². The van der Waals surface area contributed by atoms with Crippen LogP contribution in [0.25, 0.3) is 11.0 Å². The van der Waals surface area contributed by atoms with Crippen LogP contribution in [0.3, 0.4) is 0 Å². The van der Waals surface area contributed by atoms with E-state index in [9.17, 15) is 9.59 Å². The summed E-state index contributed by atoms with van der Waals surface area (Å²) in [5.74, 6) is 0.524. The lowest BCUT2D eigenvalue weighted by atomic mass is 10.1. The molecule has 1 N–H and O–H groups in total. The van der Waals surface area contributed by atoms with Crippen molar-refractivity contribution in [2.24, 2.45) is 0 Å². The van der Waals surface area contributed by atoms with Crippen LogP contribution >= 0.6 is 11.6 Å². The number of para-hydroxylation sites is 2. The van der Waals surface area contributed by atoms with E-state index in [2.05, 4.69) is 10.3 Å². The number of imidazole rings is 1. The quantitative estimate of drug-likeness (QED) is 0.698. The van der Waals surface area contributed by atoms with E-state index in [0.29, 0.717) is 16.4 Å². The highest BCUT2D eigenvalue weighted by atomic mass is 35.5. The minimum Gasteiger partial charge on any atom is -0.345 e. The van der Waals surface area contributed by atoms with Crippen LogP contribution in [0.5, 0.6) is 0 Å². The van der Waals surface area contributed by atoms with Crippen LogP contribution in [0, 0.1) is 0 Å². The molecule has 29 heavy (non-hydrogen) atoms. The van der Waals surface area contributed by atoms with Crippen molar-refractivity contribution in [2.45, 2.75) is 32.4 Å². The average Bonchev–Trinajstić information content (AvgIpc) is 3.10. The van der Waals surface area contributed by atoms with E-state index >= 15 is 0 Å². The van der Waals surface area contributed by atoms with E-state index in [4.69, 9.17) is 11.6 Å². The Morgan fingerprint density at radius 2 is 1.83 bits per heavy atom. The fraction of sp³-hybridized carbons (Fsp3) is 0.318. The van der Waals surface area contributed by atoms with Gasteiger partial charge in [0.2, 0.25) is 5.91 Å². The Balaban J connectivity index is 1.54. The van der Waals surface area contributed by atoms with Gasteiger partial charge in [-0.1, -0.05) is 29.8 Å². The molecule has 3 aromatic rings. The predicted molar refractivity (Wildman–Crippen MR) is 113 cm³/mol. The molecule has 1 aliphatic rings. The van der Waals surface area contributed by atoms with Gasteiger partial charge in [-0.25, -0.2) is 4.98 Å². The maximum absolute atomic E-state index is 12.8. The summed E-state index contributed by atoms with van der Waals surface area (Å²) in [6, 6.07) is 14.5. The minimum absolute atomic E-state index is 0.0928. The molecule has 6 nitrogen and oxygen atoms in total. The number of carbonyl (C=O) groups is 2. The molecule has 150 valence electrons. The molecule has 0 spiro atoms. The van der Waals surface area contributed by atoms with E-state index in [1.54, 1.807) is 24.3 Å². The van der Waals surface area contributed by atoms with Crippen molar-refractivity contribution in [3.63, 3.8) is 0 Å². The lowest BCUT2D eigenvalue weighted by Crippen LogP contribution is -2.38. The molecule has 0 unspecified atom stereocenters. The highest BCUT2D eigenvalue weighted by Gasteiger charge is 2.20. The second-order valence-electron chi connectivity index (χ2n) is 7.24. The third kappa shape index (κ3) is 4.43. The van der Waals surface area contributed by atoms with Crippen LogP contribution in [0.2, 0.25) is 5.02 Å². The summed E-state index contributed by atoms with van der Waals surface area (Å²) >= 11 is 5.98. The molecule has 4 rings (SSSR count). The number of rotatable bonds is 5. The van der Waals surface area contributed by atoms with Crippen molar-refractivity contribution in [2.75, 3.05) is 13.1 Å². The maximum atomic E-state index is 12.8. The molecule has 1 aliphatic heterocycles. The Hall–Kier alpha value is -2.86. The molecule has 0 saturated carbocycles. The molecular formula is C22H23ClN4O2. The Bertz CT molecular complexity index is 1040. The molecule has 2 aromatic carbocycles. The molecule has 1 saturated heterocycles. The summed E-state index contributed by atoms with van der Waals surface area (Å²) in [6.45, 7) is 2.08. The lowest BCUT2D eigenvalue weighted by Gasteiger charge is -2.27. The molecule has 2 heterocycles. The fourth-order valence-corrected chi connectivity index (χ4v) is 3.90. The number of piperidine rings is 1. The van der Waals surface area contributed by atoms with Gasteiger partial charge in [-0.05, 0) is 49.6 Å². The smallest absolute Gasteiger partial charge is 0.251 e. The Kier molecular flexibility index (Phi) is 5.81. The van der Waals surface area contributed by atoms with Crippen molar-refractivity contribution in [1.82, 2.24) is 19.8 Å². The summed E-state index contributed by atoms with van der Waals surface area (Å²) in [5.41, 5.74) is 2.19. The van der Waals surface area contributed by atoms with Crippen LogP contribution in [0.15, 0.2) is 48.5 Å². The zero-order valence-corrected chi connectivity index (χ0v) is 16.9. The number of benzene rings is 2. The largest absolute Gasteiger partial charge is 0.345 e. The number of aromatic nitrogens is 2. The van der Waals surface area contributed by atoms with Gasteiger partial charge in [-0.15, -0.1) is 0 Å². The van der Waals surface area contributed by atoms with Gasteiger partial charge in [0.05, 0.1) is 17.6 Å². The summed E-state index contributed by atoms with van der Waals surface area (Å²) in [6.07, 6.45) is 3.29. The van der Waals surface area contributed by atoms with Crippen LogP contribution in [-0.4, -0.2) is 39.4 Å². The van der Waals surface area contributed by atoms with Gasteiger partial charge in [0.25, 0.3) is 5.91 Å². The first kappa shape index (κ1) is 19.5. The molecule has 0 atom stereocenters. The van der Waals surface area contributed by atoms with Gasteiger partial charge in [0, 0.05) is 23.7 Å². The molecule has 1 fully saturated rings. The zero-order chi connectivity index (χ0) is 20.2. The number of nitrogens with zero attached hydrogens (tertiary/aromatic N) is 3. The number of halogens is 1. The lowest BCUT2D eigenvalue weighted by molar-refractivity contribution is -0.132. The average molecular weight is 411 g/mol. The van der Waals surface area contributed by atoms with E-state index in [0.717, 1.165) is 37.0 Å². The number of nitrogens with one attached hydrogen (secondary N) is 1. The minimum atomic E-state index is -0.228. The molecule has 0 radical (unpaired) electrons. The summed E-state index contributed by atoms with van der Waals surface area (Å²) in [7, 11) is 0. The predicted octanol–water partition coefficient (Wildman–Crippen LogP) is 3.63. The highest BCUT2D eigenvalue weighted by molar-refractivity contribution is 6.30. The van der Waals surface area contributed by atoms with E-state index in [1.807, 2.05) is 33.7 Å². The molecule has 0 bridgehead atoms. The molecule has 2 amide bonds. The Morgan fingerprint density at radius 1 is 1.03 bits per heavy atom. The first-order valence-corrected chi connectivity index (χ1v) is 10.3. The zero-order valence-electron chi connectivity index (χ0n) is 16.1. The van der Waals surface area contributed by atoms with Crippen molar-refractivity contribution in [1.29, 1.82) is 0 Å². The standard InChI is InChI=1S/C22H23ClN4O2/c23-17-8-6-7-16(13-17)22(29)24-14-20-25-18-9-2-3-10-19(18)27(20)15-21(28)26-11-4-1-5-12-26/h2-3,6-10,13H,1,4-5,11-12,14-15H2,(H,24,29). The number of fused-ring (bicyclic) bond motifs is 1. The Labute approximate surface area is 174 Å². The SMILES string of the molecule is O=C(NCc1nc2ccccc2n1CC(=O)N1CCCCC1)c1cccc(Cl)c1. The van der Waals surface area contributed by atoms with Gasteiger partial charge < -0.3 is 14.8 Å². The topological polar surface area (TPSA) is 67.2 Å². The summed E-state index contributed by atoms with van der Waals surface area (Å²) < 4.78 is 1.91. The van der Waals surface area contributed by atoms with Crippen molar-refractivity contribution >= 4 is 34.4 Å². The van der Waals surface area contributed by atoms with Gasteiger partial charge in [-0.3, -0.25) is 9.59 Å². The number of likely N-dealkylation sites (tertiary alicyclic amines) is 1. The summed E-state index contributed by atoms with van der Waals surface area (Å²) in [4.78, 5) is 31.9. The number of hydrogen-bond acceptors (Lipinski definition) is 3. The van der Waals surface area contributed by atoms with Crippen molar-refractivity contribution < 1.29 is 9.59 Å². The molecule has 1 aromatic heterocycles. The number of amides is 2. The van der Waals surface area contributed by atoms with Crippen LogP contribution in [0.4, 0.5) is 0 Å². The monoisotopic (exact) mass is 410 g/mol. The molecular weight excluding hydrogens is 388 g/mol. The maximum Gasteiger partial charge on any atom is 0.251 e. The van der Waals surface area contributed by atoms with Gasteiger partial charge in [0.1, 0.15) is 12.4 Å². The van der Waals surface area contributed by atoms with Crippen molar-refractivity contribution in [3.05, 3.63) is 64.9 Å². The van der Waals surface area contributed by atoms with Crippen LogP contribution < -0.4 is 5.32 Å². The normalized spacial score (nSPS) is 14.2. The van der Waals surface area contributed by atoms with Crippen LogP contribution in [-0.2, 0) is 17.9 Å². The fourth-order valence-electron chi connectivity index (χ4n) is 3.71. The van der Waals surface area contributed by atoms with Gasteiger partial charge in [-0.2, -0.15) is 0 Å². The van der Waals surface area contributed by atoms with Crippen LogP contribution in [0.1, 0.15) is 35.4 Å². The third-order valence-corrected chi connectivity index (χ3v) is 5.46. The van der Waals surface area contributed by atoms with Crippen molar-refractivity contribution in [3.8, 4) is 0 Å². The second-order valence-corrected chi connectivity index (χ2v) is 7.67. The number of carbonyl (C=O) groups excluding carboxylic acids is 2. The van der Waals surface area contributed by atoms with E-state index in [1.165, 1.54) is 6.42 Å². The summed E-state index contributed by atoms with van der Waals surface area (Å²) in [5, 5.41) is 3.40. The van der Waals surface area contributed by atoms with Gasteiger partial charge in [0.15, 0.2) is 0 Å².